The Morgan fingerprint density at radius 3 is 2.27 bits per heavy atom. The second-order valence-corrected chi connectivity index (χ2v) is 7.76. The summed E-state index contributed by atoms with van der Waals surface area (Å²) in [6, 6.07) is 18.4. The lowest BCUT2D eigenvalue weighted by molar-refractivity contribution is -0.137. The molecule has 0 aliphatic heterocycles. The third-order valence-electron chi connectivity index (χ3n) is 4.88. The summed E-state index contributed by atoms with van der Waals surface area (Å²) in [5.74, 6) is -0.559. The number of hydrogen-bond donors (Lipinski definition) is 3. The molecule has 0 heterocycles. The largest absolute Gasteiger partial charge is 0.416 e. The highest BCUT2D eigenvalue weighted by atomic mass is 19.4. The SMILES string of the molecule is CC(C)c1ccccc1NC(=O)CNc1cccc(C(=O)Nc2cccc(C(F)(F)F)c2)c1. The zero-order chi connectivity index (χ0) is 24.0. The topological polar surface area (TPSA) is 70.2 Å². The van der Waals surface area contributed by atoms with Crippen molar-refractivity contribution in [3.63, 3.8) is 0 Å². The van der Waals surface area contributed by atoms with E-state index in [1.807, 2.05) is 38.1 Å². The molecule has 2 amide bonds. The molecule has 3 aromatic rings. The average Bonchev–Trinajstić information content (AvgIpc) is 2.78. The van der Waals surface area contributed by atoms with Crippen LogP contribution < -0.4 is 16.0 Å². The van der Waals surface area contributed by atoms with Crippen LogP contribution in [0.15, 0.2) is 72.8 Å². The molecule has 33 heavy (non-hydrogen) atoms. The van der Waals surface area contributed by atoms with Gasteiger partial charge >= 0.3 is 6.18 Å². The van der Waals surface area contributed by atoms with Gasteiger partial charge in [0.15, 0.2) is 0 Å². The van der Waals surface area contributed by atoms with Crippen molar-refractivity contribution in [2.45, 2.75) is 25.9 Å². The molecule has 0 unspecified atom stereocenters. The van der Waals surface area contributed by atoms with Crippen LogP contribution in [0.2, 0.25) is 0 Å². The molecule has 0 fully saturated rings. The molecule has 0 aromatic heterocycles. The van der Waals surface area contributed by atoms with E-state index >= 15 is 0 Å². The number of rotatable bonds is 7. The Labute approximate surface area is 190 Å². The van der Waals surface area contributed by atoms with E-state index < -0.39 is 17.6 Å². The number of benzene rings is 3. The average molecular weight is 455 g/mol. The maximum Gasteiger partial charge on any atom is 0.416 e. The van der Waals surface area contributed by atoms with Crippen LogP contribution in [-0.4, -0.2) is 18.4 Å². The molecule has 0 bridgehead atoms. The Morgan fingerprint density at radius 2 is 1.55 bits per heavy atom. The van der Waals surface area contributed by atoms with E-state index in [1.165, 1.54) is 24.3 Å². The van der Waals surface area contributed by atoms with Crippen LogP contribution in [0.25, 0.3) is 0 Å². The van der Waals surface area contributed by atoms with Crippen LogP contribution in [0.3, 0.4) is 0 Å². The van der Waals surface area contributed by atoms with Gasteiger partial charge in [0.1, 0.15) is 0 Å². The third kappa shape index (κ3) is 6.58. The number of carbonyl (C=O) groups is 2. The molecular weight excluding hydrogens is 431 g/mol. The zero-order valence-electron chi connectivity index (χ0n) is 18.2. The van der Waals surface area contributed by atoms with Crippen LogP contribution in [0.5, 0.6) is 0 Å². The molecule has 172 valence electrons. The first-order valence-corrected chi connectivity index (χ1v) is 10.3. The first-order chi connectivity index (χ1) is 15.6. The summed E-state index contributed by atoms with van der Waals surface area (Å²) in [7, 11) is 0. The molecular formula is C25H24F3N3O2. The fourth-order valence-electron chi connectivity index (χ4n) is 3.24. The van der Waals surface area contributed by atoms with Crippen molar-refractivity contribution in [1.82, 2.24) is 0 Å². The zero-order valence-corrected chi connectivity index (χ0v) is 18.2. The van der Waals surface area contributed by atoms with Gasteiger partial charge in [0.05, 0.1) is 12.1 Å². The Hall–Kier alpha value is -3.81. The fraction of sp³-hybridized carbons (Fsp3) is 0.200. The number of anilines is 3. The van der Waals surface area contributed by atoms with Gasteiger partial charge in [-0.05, 0) is 53.9 Å². The summed E-state index contributed by atoms with van der Waals surface area (Å²) < 4.78 is 38.6. The number of halogens is 3. The second-order valence-electron chi connectivity index (χ2n) is 7.76. The minimum Gasteiger partial charge on any atom is -0.376 e. The highest BCUT2D eigenvalue weighted by Crippen LogP contribution is 2.30. The van der Waals surface area contributed by atoms with Gasteiger partial charge in [-0.15, -0.1) is 0 Å². The smallest absolute Gasteiger partial charge is 0.376 e. The monoisotopic (exact) mass is 455 g/mol. The van der Waals surface area contributed by atoms with E-state index in [4.69, 9.17) is 0 Å². The number of nitrogens with one attached hydrogen (secondary N) is 3. The van der Waals surface area contributed by atoms with Crippen molar-refractivity contribution in [1.29, 1.82) is 0 Å². The lowest BCUT2D eigenvalue weighted by atomic mass is 10.0. The number of carbonyl (C=O) groups excluding carboxylic acids is 2. The van der Waals surface area contributed by atoms with E-state index in [-0.39, 0.29) is 29.6 Å². The Bertz CT molecular complexity index is 1140. The van der Waals surface area contributed by atoms with Crippen LogP contribution in [-0.2, 0) is 11.0 Å². The predicted octanol–water partition coefficient (Wildman–Crippen LogP) is 6.13. The summed E-state index contributed by atoms with van der Waals surface area (Å²) in [5.41, 5.74) is 1.73. The van der Waals surface area contributed by atoms with Gasteiger partial charge in [0, 0.05) is 22.6 Å². The standard InChI is InChI=1S/C25H24F3N3O2/c1-16(2)21-11-3-4-12-22(21)31-23(32)15-29-19-9-5-7-17(13-19)24(33)30-20-10-6-8-18(14-20)25(26,27)28/h3-14,16,29H,15H2,1-2H3,(H,30,33)(H,31,32). The third-order valence-corrected chi connectivity index (χ3v) is 4.88. The molecule has 8 heteroatoms. The molecule has 0 aliphatic rings. The molecule has 0 aliphatic carbocycles. The normalized spacial score (nSPS) is 11.2. The van der Waals surface area contributed by atoms with Crippen molar-refractivity contribution in [2.75, 3.05) is 22.5 Å². The lowest BCUT2D eigenvalue weighted by Crippen LogP contribution is -2.22. The minimum absolute atomic E-state index is 0.0227. The summed E-state index contributed by atoms with van der Waals surface area (Å²) >= 11 is 0. The van der Waals surface area contributed by atoms with Gasteiger partial charge in [-0.2, -0.15) is 13.2 Å². The van der Waals surface area contributed by atoms with E-state index in [0.717, 1.165) is 23.4 Å². The maximum absolute atomic E-state index is 12.9. The van der Waals surface area contributed by atoms with Crippen molar-refractivity contribution in [2.24, 2.45) is 0 Å². The van der Waals surface area contributed by atoms with E-state index in [2.05, 4.69) is 16.0 Å². The van der Waals surface area contributed by atoms with Crippen molar-refractivity contribution in [3.8, 4) is 0 Å². The van der Waals surface area contributed by atoms with E-state index in [9.17, 15) is 22.8 Å². The van der Waals surface area contributed by atoms with Gasteiger partial charge in [0.2, 0.25) is 5.91 Å². The fourth-order valence-corrected chi connectivity index (χ4v) is 3.24. The molecule has 5 nitrogen and oxygen atoms in total. The van der Waals surface area contributed by atoms with Crippen molar-refractivity contribution in [3.05, 3.63) is 89.5 Å². The Morgan fingerprint density at radius 1 is 0.848 bits per heavy atom. The van der Waals surface area contributed by atoms with Gasteiger partial charge < -0.3 is 16.0 Å². The Balaban J connectivity index is 1.62. The summed E-state index contributed by atoms with van der Waals surface area (Å²) in [6.45, 7) is 4.06. The van der Waals surface area contributed by atoms with Gasteiger partial charge in [-0.1, -0.05) is 44.2 Å². The van der Waals surface area contributed by atoms with Crippen LogP contribution in [0.1, 0.15) is 41.3 Å². The molecule has 3 aromatic carbocycles. The quantitative estimate of drug-likeness (QED) is 0.401. The van der Waals surface area contributed by atoms with Crippen molar-refractivity contribution < 1.29 is 22.8 Å². The van der Waals surface area contributed by atoms with Crippen LogP contribution >= 0.6 is 0 Å². The van der Waals surface area contributed by atoms with Crippen LogP contribution in [0, 0.1) is 0 Å². The number of amides is 2. The van der Waals surface area contributed by atoms with E-state index in [0.29, 0.717) is 5.69 Å². The first kappa shape index (κ1) is 23.8. The van der Waals surface area contributed by atoms with Crippen LogP contribution in [0.4, 0.5) is 30.2 Å². The summed E-state index contributed by atoms with van der Waals surface area (Å²) in [5, 5.41) is 8.30. The molecule has 0 saturated heterocycles. The highest BCUT2D eigenvalue weighted by Gasteiger charge is 2.30. The van der Waals surface area contributed by atoms with Crippen molar-refractivity contribution >= 4 is 28.9 Å². The molecule has 3 rings (SSSR count). The molecule has 0 saturated carbocycles. The molecule has 0 atom stereocenters. The highest BCUT2D eigenvalue weighted by molar-refractivity contribution is 6.05. The molecule has 0 radical (unpaired) electrons. The minimum atomic E-state index is -4.50. The molecule has 3 N–H and O–H groups in total. The maximum atomic E-state index is 12.9. The van der Waals surface area contributed by atoms with E-state index in [1.54, 1.807) is 12.1 Å². The summed E-state index contributed by atoms with van der Waals surface area (Å²) in [4.78, 5) is 24.9. The first-order valence-electron chi connectivity index (χ1n) is 10.3. The molecule has 0 spiro atoms. The van der Waals surface area contributed by atoms with Gasteiger partial charge in [0.25, 0.3) is 5.91 Å². The Kier molecular flexibility index (Phi) is 7.37. The lowest BCUT2D eigenvalue weighted by Gasteiger charge is -2.14. The number of para-hydroxylation sites is 1. The number of hydrogen-bond acceptors (Lipinski definition) is 3. The number of alkyl halides is 3. The van der Waals surface area contributed by atoms with Gasteiger partial charge in [-0.3, -0.25) is 9.59 Å². The summed E-state index contributed by atoms with van der Waals surface area (Å²) in [6.07, 6.45) is -4.50. The second kappa shape index (κ2) is 10.2. The predicted molar refractivity (Wildman–Crippen MR) is 123 cm³/mol. The van der Waals surface area contributed by atoms with Gasteiger partial charge in [-0.25, -0.2) is 0 Å².